The Labute approximate surface area is 129 Å². The summed E-state index contributed by atoms with van der Waals surface area (Å²) >= 11 is 0. The Morgan fingerprint density at radius 3 is 1.95 bits per heavy atom. The molecule has 3 rings (SSSR count). The topological polar surface area (TPSA) is 65.8 Å². The second kappa shape index (κ2) is 6.25. The van der Waals surface area contributed by atoms with Gasteiger partial charge in [0.1, 0.15) is 0 Å². The molecule has 3 aromatic rings. The Bertz CT molecular complexity index is 825. The van der Waals surface area contributed by atoms with Gasteiger partial charge in [0.05, 0.1) is 5.42 Å². The summed E-state index contributed by atoms with van der Waals surface area (Å²) in [7, 11) is -2.77. The maximum atomic E-state index is 14.0. The molecule has 0 spiro atoms. The van der Waals surface area contributed by atoms with Gasteiger partial charge in [-0.2, -0.15) is 0 Å². The molecular formula is C16H13N3OP2. The fraction of sp³-hybridized carbons (Fsp3) is 0. The average Bonchev–Trinajstić information content (AvgIpc) is 3.05. The molecule has 1 atom stereocenters. The van der Waals surface area contributed by atoms with Gasteiger partial charge >= 0.3 is 0 Å². The van der Waals surface area contributed by atoms with Crippen molar-refractivity contribution in [3.8, 4) is 0 Å². The molecule has 2 aromatic carbocycles. The van der Waals surface area contributed by atoms with Crippen LogP contribution in [0.3, 0.4) is 0 Å². The average molecular weight is 325 g/mol. The van der Waals surface area contributed by atoms with Crippen LogP contribution in [0, 0.1) is 0 Å². The first-order chi connectivity index (χ1) is 10.8. The SMILES string of the molecule is [N-]=[N+]=Nc1[pH]ccc1P(=O)(c1ccccc1)c1ccccc1. The van der Waals surface area contributed by atoms with Crippen LogP contribution < -0.4 is 15.9 Å². The predicted molar refractivity (Wildman–Crippen MR) is 94.1 cm³/mol. The molecule has 0 amide bonds. The Kier molecular flexibility index (Phi) is 4.18. The first-order valence-electron chi connectivity index (χ1n) is 6.71. The van der Waals surface area contributed by atoms with E-state index in [9.17, 15) is 4.57 Å². The molecule has 0 aliphatic carbocycles. The van der Waals surface area contributed by atoms with E-state index in [0.29, 0.717) is 10.7 Å². The van der Waals surface area contributed by atoms with E-state index in [-0.39, 0.29) is 8.19 Å². The van der Waals surface area contributed by atoms with Gasteiger partial charge in [-0.3, -0.25) is 0 Å². The van der Waals surface area contributed by atoms with Crippen molar-refractivity contribution in [3.05, 3.63) is 83.0 Å². The molecule has 1 heterocycles. The largest absolute Gasteiger partial charge is 0.309 e. The highest BCUT2D eigenvalue weighted by atomic mass is 31.2. The summed E-state index contributed by atoms with van der Waals surface area (Å²) in [5.41, 5.74) is 9.33. The molecule has 1 unspecified atom stereocenters. The van der Waals surface area contributed by atoms with Crippen LogP contribution in [0.2, 0.25) is 0 Å². The van der Waals surface area contributed by atoms with Crippen molar-refractivity contribution in [2.24, 2.45) is 5.11 Å². The third-order valence-electron chi connectivity index (χ3n) is 3.43. The molecule has 0 aliphatic heterocycles. The highest BCUT2D eigenvalue weighted by Gasteiger charge is 2.31. The number of azide groups is 1. The van der Waals surface area contributed by atoms with Gasteiger partial charge in [-0.15, -0.1) is 8.19 Å². The zero-order chi connectivity index (χ0) is 15.4. The lowest BCUT2D eigenvalue weighted by Crippen LogP contribution is -2.24. The summed E-state index contributed by atoms with van der Waals surface area (Å²) in [4.78, 5) is 2.88. The summed E-state index contributed by atoms with van der Waals surface area (Å²) in [5.74, 6) is 1.91. The third kappa shape index (κ3) is 2.49. The van der Waals surface area contributed by atoms with Crippen molar-refractivity contribution in [2.45, 2.75) is 0 Å². The standard InChI is InChI=1S/C16H13N3OP2/c17-19-18-16-15(11-12-21-16)22(20,13-7-3-1-4-8-13)14-9-5-2-6-10-14/h1-12,21H. The summed E-state index contributed by atoms with van der Waals surface area (Å²) in [5, 5.41) is 5.90. The van der Waals surface area contributed by atoms with Crippen LogP contribution in [0.15, 0.2) is 77.6 Å². The minimum atomic E-state index is -3.02. The normalized spacial score (nSPS) is 11.3. The van der Waals surface area contributed by atoms with Gasteiger partial charge in [-0.1, -0.05) is 65.8 Å². The van der Waals surface area contributed by atoms with E-state index in [2.05, 4.69) is 10.0 Å². The Hall–Kier alpha value is -2.24. The van der Waals surface area contributed by atoms with Gasteiger partial charge in [0.25, 0.3) is 0 Å². The molecule has 0 N–H and O–H groups in total. The van der Waals surface area contributed by atoms with Crippen molar-refractivity contribution in [3.63, 3.8) is 0 Å². The Morgan fingerprint density at radius 2 is 1.45 bits per heavy atom. The van der Waals surface area contributed by atoms with Gasteiger partial charge in [0.2, 0.25) is 0 Å². The number of nitrogens with zero attached hydrogens (tertiary/aromatic N) is 3. The van der Waals surface area contributed by atoms with Crippen molar-refractivity contribution < 1.29 is 4.57 Å². The predicted octanol–water partition coefficient (Wildman–Crippen LogP) is 4.30. The maximum Gasteiger partial charge on any atom is 0.171 e. The van der Waals surface area contributed by atoms with E-state index in [1.54, 1.807) is 0 Å². The Balaban J connectivity index is 2.32. The lowest BCUT2D eigenvalue weighted by molar-refractivity contribution is 0.592. The van der Waals surface area contributed by atoms with E-state index in [0.717, 1.165) is 10.6 Å². The molecule has 0 radical (unpaired) electrons. The third-order valence-corrected chi connectivity index (χ3v) is 7.70. The molecule has 0 aliphatic rings. The molecule has 0 saturated heterocycles. The van der Waals surface area contributed by atoms with Crippen LogP contribution in [-0.4, -0.2) is 0 Å². The molecule has 0 bridgehead atoms. The van der Waals surface area contributed by atoms with Gasteiger partial charge < -0.3 is 4.57 Å². The first-order valence-corrected chi connectivity index (χ1v) is 9.49. The second-order valence-electron chi connectivity index (χ2n) is 4.68. The zero-order valence-corrected chi connectivity index (χ0v) is 13.5. The van der Waals surface area contributed by atoms with E-state index in [1.165, 1.54) is 0 Å². The number of hydrogen-bond donors (Lipinski definition) is 0. The maximum absolute atomic E-state index is 14.0. The smallest absolute Gasteiger partial charge is 0.171 e. The van der Waals surface area contributed by atoms with Crippen LogP contribution in [0.5, 0.6) is 0 Å². The summed E-state index contributed by atoms with van der Waals surface area (Å²) < 4.78 is 14.0. The molecule has 0 fully saturated rings. The monoisotopic (exact) mass is 325 g/mol. The number of benzene rings is 2. The van der Waals surface area contributed by atoms with E-state index >= 15 is 0 Å². The molecule has 4 nitrogen and oxygen atoms in total. The van der Waals surface area contributed by atoms with E-state index in [4.69, 9.17) is 5.53 Å². The fourth-order valence-electron chi connectivity index (χ4n) is 2.43. The van der Waals surface area contributed by atoms with E-state index < -0.39 is 7.14 Å². The molecular weight excluding hydrogens is 312 g/mol. The van der Waals surface area contributed by atoms with Crippen molar-refractivity contribution in [2.75, 3.05) is 0 Å². The highest BCUT2D eigenvalue weighted by Crippen LogP contribution is 2.47. The molecule has 6 heteroatoms. The van der Waals surface area contributed by atoms with Crippen molar-refractivity contribution in [1.29, 1.82) is 0 Å². The summed E-state index contributed by atoms with van der Waals surface area (Å²) in [6.45, 7) is 0. The number of rotatable bonds is 4. The quantitative estimate of drug-likeness (QED) is 0.305. The van der Waals surface area contributed by atoms with E-state index in [1.807, 2.05) is 72.5 Å². The molecule has 22 heavy (non-hydrogen) atoms. The Morgan fingerprint density at radius 1 is 0.909 bits per heavy atom. The fourth-order valence-corrected chi connectivity index (χ4v) is 6.65. The summed E-state index contributed by atoms with van der Waals surface area (Å²) in [6, 6.07) is 20.6. The van der Waals surface area contributed by atoms with Crippen molar-refractivity contribution >= 4 is 36.7 Å². The molecule has 1 aromatic heterocycles. The summed E-state index contributed by atoms with van der Waals surface area (Å²) in [6.07, 6.45) is 0. The van der Waals surface area contributed by atoms with Crippen LogP contribution in [-0.2, 0) is 4.57 Å². The zero-order valence-electron chi connectivity index (χ0n) is 11.6. The lowest BCUT2D eigenvalue weighted by atomic mass is 10.4. The lowest BCUT2D eigenvalue weighted by Gasteiger charge is -2.19. The first kappa shape index (κ1) is 14.7. The minimum absolute atomic E-state index is 0.257. The highest BCUT2D eigenvalue weighted by molar-refractivity contribution is 7.86. The van der Waals surface area contributed by atoms with Crippen LogP contribution in [0.4, 0.5) is 5.42 Å². The van der Waals surface area contributed by atoms with Gasteiger partial charge in [0, 0.05) is 20.8 Å². The van der Waals surface area contributed by atoms with Gasteiger partial charge in [0.15, 0.2) is 7.14 Å². The molecule has 108 valence electrons. The van der Waals surface area contributed by atoms with Crippen LogP contribution >= 0.6 is 15.3 Å². The number of hydrogen-bond acceptors (Lipinski definition) is 2. The second-order valence-corrected chi connectivity index (χ2v) is 8.51. The van der Waals surface area contributed by atoms with Gasteiger partial charge in [-0.25, -0.2) is 0 Å². The van der Waals surface area contributed by atoms with Crippen LogP contribution in [0.25, 0.3) is 10.4 Å². The van der Waals surface area contributed by atoms with Gasteiger partial charge in [-0.05, 0) is 17.4 Å². The molecule has 0 saturated carbocycles. The van der Waals surface area contributed by atoms with Crippen molar-refractivity contribution in [1.82, 2.24) is 0 Å². The van der Waals surface area contributed by atoms with Crippen LogP contribution in [0.1, 0.15) is 0 Å². The minimum Gasteiger partial charge on any atom is -0.309 e.